The first-order valence-corrected chi connectivity index (χ1v) is 5.93. The molecule has 1 rings (SSSR count). The smallest absolute Gasteiger partial charge is 0.0490 e. The van der Waals surface area contributed by atoms with E-state index < -0.39 is 10.8 Å². The number of nitrogens with one attached hydrogen (secondary N) is 2. The first kappa shape index (κ1) is 10.4. The molecule has 0 bridgehead atoms. The van der Waals surface area contributed by atoms with Gasteiger partial charge in [0.25, 0.3) is 0 Å². The Bertz CT molecular complexity index is 260. The van der Waals surface area contributed by atoms with Crippen molar-refractivity contribution in [2.75, 3.05) is 12.0 Å². The van der Waals surface area contributed by atoms with Crippen molar-refractivity contribution >= 4 is 10.8 Å². The van der Waals surface area contributed by atoms with Crippen LogP contribution >= 0.6 is 0 Å². The van der Waals surface area contributed by atoms with E-state index in [-0.39, 0.29) is 6.04 Å². The van der Waals surface area contributed by atoms with Crippen LogP contribution < -0.4 is 5.32 Å². The summed E-state index contributed by atoms with van der Waals surface area (Å²) >= 11 is 0. The summed E-state index contributed by atoms with van der Waals surface area (Å²) in [6.45, 7) is 2.77. The van der Waals surface area contributed by atoms with Crippen molar-refractivity contribution in [3.63, 3.8) is 0 Å². The number of hydrogen-bond acceptors (Lipinski definition) is 3. The van der Waals surface area contributed by atoms with Gasteiger partial charge in [0.05, 0.1) is 0 Å². The van der Waals surface area contributed by atoms with Crippen LogP contribution in [0.4, 0.5) is 0 Å². The van der Waals surface area contributed by atoms with Gasteiger partial charge in [-0.1, -0.05) is 0 Å². The molecule has 13 heavy (non-hydrogen) atoms. The third kappa shape index (κ3) is 4.19. The van der Waals surface area contributed by atoms with E-state index in [4.69, 9.17) is 0 Å². The van der Waals surface area contributed by atoms with Gasteiger partial charge in [0, 0.05) is 47.3 Å². The topological polar surface area (TPSA) is 57.8 Å². The highest BCUT2D eigenvalue weighted by Gasteiger charge is 2.03. The van der Waals surface area contributed by atoms with E-state index in [2.05, 4.69) is 15.5 Å². The predicted octanol–water partition coefficient (Wildman–Crippen LogP) is 0.266. The van der Waals surface area contributed by atoms with Gasteiger partial charge in [-0.15, -0.1) is 0 Å². The Morgan fingerprint density at radius 3 is 3.08 bits per heavy atom. The van der Waals surface area contributed by atoms with Gasteiger partial charge in [-0.3, -0.25) is 9.31 Å². The number of rotatable bonds is 5. The van der Waals surface area contributed by atoms with Gasteiger partial charge in [0.1, 0.15) is 0 Å². The molecule has 0 saturated heterocycles. The lowest BCUT2D eigenvalue weighted by atomic mass is 10.3. The molecule has 1 heterocycles. The fourth-order valence-corrected chi connectivity index (χ4v) is 1.90. The zero-order chi connectivity index (χ0) is 9.68. The molecule has 4 nitrogen and oxygen atoms in total. The molecule has 74 valence electrons. The summed E-state index contributed by atoms with van der Waals surface area (Å²) in [5, 5.41) is 9.95. The molecule has 2 atom stereocenters. The SMILES string of the molecule is CC(CS(C)=O)NCc1ccn[nH]1. The van der Waals surface area contributed by atoms with E-state index in [0.717, 1.165) is 12.2 Å². The maximum absolute atomic E-state index is 10.9. The average molecular weight is 201 g/mol. The molecule has 5 heteroatoms. The molecule has 1 aromatic heterocycles. The minimum Gasteiger partial charge on any atom is -0.308 e. The Kier molecular flexibility index (Phi) is 4.11. The first-order valence-electron chi connectivity index (χ1n) is 4.20. The molecule has 0 saturated carbocycles. The summed E-state index contributed by atoms with van der Waals surface area (Å²) < 4.78 is 10.9. The third-order valence-corrected chi connectivity index (χ3v) is 2.65. The molecule has 0 aliphatic carbocycles. The van der Waals surface area contributed by atoms with Crippen molar-refractivity contribution in [1.82, 2.24) is 15.5 Å². The normalized spacial score (nSPS) is 15.5. The van der Waals surface area contributed by atoms with Crippen molar-refractivity contribution in [1.29, 1.82) is 0 Å². The Labute approximate surface area is 80.6 Å². The van der Waals surface area contributed by atoms with E-state index >= 15 is 0 Å². The number of H-pyrrole nitrogens is 1. The van der Waals surface area contributed by atoms with Crippen LogP contribution in [-0.4, -0.2) is 32.5 Å². The Morgan fingerprint density at radius 1 is 1.77 bits per heavy atom. The molecule has 0 amide bonds. The second-order valence-corrected chi connectivity index (χ2v) is 4.58. The summed E-state index contributed by atoms with van der Waals surface area (Å²) in [4.78, 5) is 0. The van der Waals surface area contributed by atoms with E-state index in [1.165, 1.54) is 0 Å². The molecule has 2 unspecified atom stereocenters. The molecular weight excluding hydrogens is 186 g/mol. The lowest BCUT2D eigenvalue weighted by Gasteiger charge is -2.10. The highest BCUT2D eigenvalue weighted by Crippen LogP contribution is 1.92. The fourth-order valence-electron chi connectivity index (χ4n) is 1.08. The van der Waals surface area contributed by atoms with E-state index in [9.17, 15) is 4.21 Å². The summed E-state index contributed by atoms with van der Waals surface area (Å²) in [5.41, 5.74) is 1.05. The van der Waals surface area contributed by atoms with Crippen LogP contribution in [0.25, 0.3) is 0 Å². The minimum absolute atomic E-state index is 0.272. The van der Waals surface area contributed by atoms with Crippen molar-refractivity contribution in [3.8, 4) is 0 Å². The molecule has 0 radical (unpaired) electrons. The van der Waals surface area contributed by atoms with Crippen molar-refractivity contribution in [2.24, 2.45) is 0 Å². The van der Waals surface area contributed by atoms with Crippen LogP contribution in [0.5, 0.6) is 0 Å². The summed E-state index contributed by atoms with van der Waals surface area (Å²) in [7, 11) is -0.732. The van der Waals surface area contributed by atoms with Gasteiger partial charge in [-0.25, -0.2) is 0 Å². The van der Waals surface area contributed by atoms with Gasteiger partial charge in [-0.2, -0.15) is 5.10 Å². The van der Waals surface area contributed by atoms with Crippen molar-refractivity contribution < 1.29 is 4.21 Å². The summed E-state index contributed by atoms with van der Waals surface area (Å²) in [6.07, 6.45) is 3.44. The fraction of sp³-hybridized carbons (Fsp3) is 0.625. The lowest BCUT2D eigenvalue weighted by molar-refractivity contribution is 0.580. The number of nitrogens with zero attached hydrogens (tertiary/aromatic N) is 1. The van der Waals surface area contributed by atoms with E-state index in [1.54, 1.807) is 12.5 Å². The van der Waals surface area contributed by atoms with Gasteiger partial charge in [0.15, 0.2) is 0 Å². The maximum Gasteiger partial charge on any atom is 0.0490 e. The lowest BCUT2D eigenvalue weighted by Crippen LogP contribution is -2.30. The predicted molar refractivity (Wildman–Crippen MR) is 53.8 cm³/mol. The molecule has 0 aliphatic heterocycles. The molecule has 0 spiro atoms. The Hall–Kier alpha value is -0.680. The van der Waals surface area contributed by atoms with E-state index in [1.807, 2.05) is 13.0 Å². The monoisotopic (exact) mass is 201 g/mol. The minimum atomic E-state index is -0.732. The zero-order valence-corrected chi connectivity index (χ0v) is 8.73. The third-order valence-electron chi connectivity index (χ3n) is 1.68. The largest absolute Gasteiger partial charge is 0.308 e. The van der Waals surface area contributed by atoms with Crippen molar-refractivity contribution in [2.45, 2.75) is 19.5 Å². The second kappa shape index (κ2) is 5.14. The second-order valence-electron chi connectivity index (χ2n) is 3.10. The first-order chi connectivity index (χ1) is 6.18. The average Bonchev–Trinajstić information content (AvgIpc) is 2.51. The van der Waals surface area contributed by atoms with Gasteiger partial charge < -0.3 is 5.32 Å². The number of aromatic amines is 1. The molecular formula is C8H15N3OS. The number of aromatic nitrogens is 2. The molecule has 0 fully saturated rings. The molecule has 0 aliphatic rings. The van der Waals surface area contributed by atoms with Gasteiger partial charge in [0.2, 0.25) is 0 Å². The van der Waals surface area contributed by atoms with Gasteiger partial charge >= 0.3 is 0 Å². The highest BCUT2D eigenvalue weighted by atomic mass is 32.2. The molecule has 1 aromatic rings. The molecule has 0 aromatic carbocycles. The van der Waals surface area contributed by atoms with Crippen LogP contribution in [0.3, 0.4) is 0 Å². The molecule has 2 N–H and O–H groups in total. The maximum atomic E-state index is 10.9. The van der Waals surface area contributed by atoms with Crippen LogP contribution in [0, 0.1) is 0 Å². The highest BCUT2D eigenvalue weighted by molar-refractivity contribution is 7.84. The van der Waals surface area contributed by atoms with Crippen LogP contribution in [-0.2, 0) is 17.3 Å². The standard InChI is InChI=1S/C8H15N3OS/c1-7(6-13(2)12)9-5-8-3-4-10-11-8/h3-4,7,9H,5-6H2,1-2H3,(H,10,11). The van der Waals surface area contributed by atoms with Crippen LogP contribution in [0.2, 0.25) is 0 Å². The van der Waals surface area contributed by atoms with Crippen LogP contribution in [0.1, 0.15) is 12.6 Å². The Balaban J connectivity index is 2.22. The Morgan fingerprint density at radius 2 is 2.54 bits per heavy atom. The van der Waals surface area contributed by atoms with Gasteiger partial charge in [-0.05, 0) is 13.0 Å². The zero-order valence-electron chi connectivity index (χ0n) is 7.91. The quantitative estimate of drug-likeness (QED) is 0.719. The van der Waals surface area contributed by atoms with Crippen LogP contribution in [0.15, 0.2) is 12.3 Å². The summed E-state index contributed by atoms with van der Waals surface area (Å²) in [6, 6.07) is 2.19. The number of hydrogen-bond donors (Lipinski definition) is 2. The van der Waals surface area contributed by atoms with Crippen molar-refractivity contribution in [3.05, 3.63) is 18.0 Å². The van der Waals surface area contributed by atoms with E-state index in [0.29, 0.717) is 5.75 Å². The summed E-state index contributed by atoms with van der Waals surface area (Å²) in [5.74, 6) is 0.689.